The summed E-state index contributed by atoms with van der Waals surface area (Å²) >= 11 is 0. The highest BCUT2D eigenvalue weighted by molar-refractivity contribution is 5.85. The molecule has 0 aliphatic carbocycles. The fraction of sp³-hybridized carbons (Fsp3) is 0.118. The van der Waals surface area contributed by atoms with Crippen molar-refractivity contribution in [2.75, 3.05) is 0 Å². The van der Waals surface area contributed by atoms with Gasteiger partial charge in [-0.2, -0.15) is 0 Å². The molecule has 0 radical (unpaired) electrons. The van der Waals surface area contributed by atoms with Crippen molar-refractivity contribution in [2.24, 2.45) is 5.73 Å². The summed E-state index contributed by atoms with van der Waals surface area (Å²) in [4.78, 5) is 14.6. The van der Waals surface area contributed by atoms with E-state index in [2.05, 4.69) is 4.98 Å². The average Bonchev–Trinajstić information content (AvgIpc) is 2.46. The van der Waals surface area contributed by atoms with Crippen LogP contribution >= 0.6 is 0 Å². The number of halogens is 2. The van der Waals surface area contributed by atoms with Gasteiger partial charge in [0.25, 0.3) is 5.56 Å². The van der Waals surface area contributed by atoms with E-state index in [0.29, 0.717) is 16.3 Å². The summed E-state index contributed by atoms with van der Waals surface area (Å²) in [5.74, 6) is -1.50. The van der Waals surface area contributed by atoms with Crippen LogP contribution in [0.5, 0.6) is 0 Å². The summed E-state index contributed by atoms with van der Waals surface area (Å²) in [5, 5.41) is 1.09. The summed E-state index contributed by atoms with van der Waals surface area (Å²) in [6, 6.07) is 10.3. The molecule has 3 N–H and O–H groups in total. The normalized spacial score (nSPS) is 12.5. The van der Waals surface area contributed by atoms with Crippen molar-refractivity contribution in [3.8, 4) is 11.3 Å². The number of hydrogen-bond donors (Lipinski definition) is 2. The fourth-order valence-corrected chi connectivity index (χ4v) is 2.46. The van der Waals surface area contributed by atoms with Crippen molar-refractivity contribution in [1.82, 2.24) is 4.98 Å². The van der Waals surface area contributed by atoms with Gasteiger partial charge in [-0.1, -0.05) is 18.2 Å². The SMILES string of the molecule is CC(N)c1cc(F)c(-c2cc3ccccc3c(=O)[nH]2)c(F)c1. The first-order chi connectivity index (χ1) is 10.5. The Morgan fingerprint density at radius 2 is 1.73 bits per heavy atom. The summed E-state index contributed by atoms with van der Waals surface area (Å²) in [6.07, 6.45) is 0. The molecule has 0 saturated heterocycles. The van der Waals surface area contributed by atoms with Gasteiger partial charge < -0.3 is 10.7 Å². The molecule has 2 aromatic carbocycles. The molecule has 1 unspecified atom stereocenters. The quantitative estimate of drug-likeness (QED) is 0.761. The van der Waals surface area contributed by atoms with Gasteiger partial charge in [0, 0.05) is 11.4 Å². The third-order valence-corrected chi connectivity index (χ3v) is 3.61. The predicted octanol–water partition coefficient (Wildman–Crippen LogP) is 3.49. The molecule has 112 valence electrons. The van der Waals surface area contributed by atoms with Gasteiger partial charge in [0.1, 0.15) is 11.6 Å². The number of fused-ring (bicyclic) bond motifs is 1. The molecule has 0 aliphatic rings. The van der Waals surface area contributed by atoms with E-state index in [1.165, 1.54) is 12.1 Å². The monoisotopic (exact) mass is 300 g/mol. The topological polar surface area (TPSA) is 58.9 Å². The molecule has 3 rings (SSSR count). The van der Waals surface area contributed by atoms with Gasteiger partial charge in [0.05, 0.1) is 11.3 Å². The lowest BCUT2D eigenvalue weighted by Crippen LogP contribution is -2.10. The minimum absolute atomic E-state index is 0.106. The number of nitrogens with one attached hydrogen (secondary N) is 1. The van der Waals surface area contributed by atoms with E-state index in [9.17, 15) is 13.6 Å². The summed E-state index contributed by atoms with van der Waals surface area (Å²) in [5.41, 5.74) is 5.47. The summed E-state index contributed by atoms with van der Waals surface area (Å²) in [6.45, 7) is 1.64. The molecule has 0 bridgehead atoms. The second-order valence-corrected chi connectivity index (χ2v) is 5.25. The van der Waals surface area contributed by atoms with Crippen molar-refractivity contribution < 1.29 is 8.78 Å². The number of benzene rings is 2. The van der Waals surface area contributed by atoms with E-state index in [4.69, 9.17) is 5.73 Å². The van der Waals surface area contributed by atoms with Crippen LogP contribution in [0.3, 0.4) is 0 Å². The van der Waals surface area contributed by atoms with Crippen LogP contribution in [-0.2, 0) is 0 Å². The molecule has 1 heterocycles. The van der Waals surface area contributed by atoms with Crippen molar-refractivity contribution in [1.29, 1.82) is 0 Å². The number of nitrogens with two attached hydrogens (primary N) is 1. The number of rotatable bonds is 2. The zero-order valence-electron chi connectivity index (χ0n) is 11.9. The Labute approximate surface area is 125 Å². The molecule has 0 saturated carbocycles. The van der Waals surface area contributed by atoms with Crippen molar-refractivity contribution in [3.63, 3.8) is 0 Å². The second-order valence-electron chi connectivity index (χ2n) is 5.25. The largest absolute Gasteiger partial charge is 0.324 e. The fourth-order valence-electron chi connectivity index (χ4n) is 2.46. The van der Waals surface area contributed by atoms with Crippen LogP contribution in [0.1, 0.15) is 18.5 Å². The van der Waals surface area contributed by atoms with Crippen LogP contribution in [0.25, 0.3) is 22.0 Å². The third kappa shape index (κ3) is 2.40. The van der Waals surface area contributed by atoms with Crippen LogP contribution in [0.15, 0.2) is 47.3 Å². The lowest BCUT2D eigenvalue weighted by molar-refractivity contribution is 0.581. The first kappa shape index (κ1) is 14.4. The third-order valence-electron chi connectivity index (χ3n) is 3.61. The molecule has 3 aromatic rings. The summed E-state index contributed by atoms with van der Waals surface area (Å²) < 4.78 is 28.5. The maximum atomic E-state index is 14.3. The molecule has 0 fully saturated rings. The maximum Gasteiger partial charge on any atom is 0.256 e. The number of H-pyrrole nitrogens is 1. The Balaban J connectivity index is 2.26. The molecule has 3 nitrogen and oxygen atoms in total. The van der Waals surface area contributed by atoms with Crippen LogP contribution in [0.2, 0.25) is 0 Å². The van der Waals surface area contributed by atoms with Gasteiger partial charge >= 0.3 is 0 Å². The molecule has 0 amide bonds. The van der Waals surface area contributed by atoms with Crippen LogP contribution in [0, 0.1) is 11.6 Å². The Bertz CT molecular complexity index is 893. The first-order valence-electron chi connectivity index (χ1n) is 6.84. The first-order valence-corrected chi connectivity index (χ1v) is 6.84. The standard InChI is InChI=1S/C17H14F2N2O/c1-9(20)11-6-13(18)16(14(19)7-11)15-8-10-4-2-3-5-12(10)17(22)21-15/h2-9H,20H2,1H3,(H,21,22). The van der Waals surface area contributed by atoms with Crippen molar-refractivity contribution in [3.05, 3.63) is 70.0 Å². The zero-order valence-corrected chi connectivity index (χ0v) is 11.9. The van der Waals surface area contributed by atoms with Gasteiger partial charge in [-0.25, -0.2) is 8.78 Å². The number of hydrogen-bond acceptors (Lipinski definition) is 2. The van der Waals surface area contributed by atoms with Gasteiger partial charge in [0.2, 0.25) is 0 Å². The minimum Gasteiger partial charge on any atom is -0.324 e. The van der Waals surface area contributed by atoms with Gasteiger partial charge in [-0.15, -0.1) is 0 Å². The molecule has 0 spiro atoms. The molecular formula is C17H14F2N2O. The smallest absolute Gasteiger partial charge is 0.256 e. The number of aromatic amines is 1. The highest BCUT2D eigenvalue weighted by atomic mass is 19.1. The van der Waals surface area contributed by atoms with E-state index in [0.717, 1.165) is 0 Å². The minimum atomic E-state index is -0.752. The van der Waals surface area contributed by atoms with E-state index < -0.39 is 17.7 Å². The Kier molecular flexibility index (Phi) is 3.50. The molecule has 22 heavy (non-hydrogen) atoms. The van der Waals surface area contributed by atoms with Crippen molar-refractivity contribution in [2.45, 2.75) is 13.0 Å². The molecule has 1 aromatic heterocycles. The summed E-state index contributed by atoms with van der Waals surface area (Å²) in [7, 11) is 0. The predicted molar refractivity (Wildman–Crippen MR) is 82.5 cm³/mol. The molecular weight excluding hydrogens is 286 g/mol. The van der Waals surface area contributed by atoms with Gasteiger partial charge in [-0.05, 0) is 42.1 Å². The van der Waals surface area contributed by atoms with Crippen LogP contribution in [-0.4, -0.2) is 4.98 Å². The van der Waals surface area contributed by atoms with E-state index in [-0.39, 0.29) is 16.8 Å². The van der Waals surface area contributed by atoms with E-state index in [1.54, 1.807) is 37.3 Å². The second kappa shape index (κ2) is 5.35. The Morgan fingerprint density at radius 3 is 2.36 bits per heavy atom. The average molecular weight is 300 g/mol. The van der Waals surface area contributed by atoms with Gasteiger partial charge in [-0.3, -0.25) is 4.79 Å². The van der Waals surface area contributed by atoms with E-state index >= 15 is 0 Å². The molecule has 1 atom stereocenters. The van der Waals surface area contributed by atoms with E-state index in [1.807, 2.05) is 0 Å². The Hall–Kier alpha value is -2.53. The van der Waals surface area contributed by atoms with Crippen LogP contribution in [0.4, 0.5) is 8.78 Å². The lowest BCUT2D eigenvalue weighted by atomic mass is 10.0. The highest BCUT2D eigenvalue weighted by Gasteiger charge is 2.16. The molecule has 0 aliphatic heterocycles. The zero-order chi connectivity index (χ0) is 15.9. The lowest BCUT2D eigenvalue weighted by Gasteiger charge is -2.11. The number of aromatic nitrogens is 1. The van der Waals surface area contributed by atoms with Gasteiger partial charge in [0.15, 0.2) is 0 Å². The van der Waals surface area contributed by atoms with Crippen molar-refractivity contribution >= 4 is 10.8 Å². The Morgan fingerprint density at radius 1 is 1.09 bits per heavy atom. The number of pyridine rings is 1. The highest BCUT2D eigenvalue weighted by Crippen LogP contribution is 2.28. The maximum absolute atomic E-state index is 14.3. The van der Waals surface area contributed by atoms with Crippen LogP contribution < -0.4 is 11.3 Å². The molecule has 5 heteroatoms.